The van der Waals surface area contributed by atoms with Gasteiger partial charge in [-0.25, -0.2) is 0 Å². The average molecular weight is 347 g/mol. The van der Waals surface area contributed by atoms with Crippen molar-refractivity contribution in [2.24, 2.45) is 5.92 Å². The lowest BCUT2D eigenvalue weighted by atomic mass is 9.97. The molecule has 1 fully saturated rings. The van der Waals surface area contributed by atoms with Crippen molar-refractivity contribution in [2.75, 3.05) is 19.7 Å². The third-order valence-corrected chi connectivity index (χ3v) is 4.10. The van der Waals surface area contributed by atoms with E-state index < -0.39 is 0 Å². The fourth-order valence-corrected chi connectivity index (χ4v) is 2.97. The number of benzene rings is 1. The summed E-state index contributed by atoms with van der Waals surface area (Å²) >= 11 is 0. The zero-order chi connectivity index (χ0) is 18.4. The fraction of sp³-hybridized carbons (Fsp3) is 0.600. The molecule has 2 rings (SSSR count). The molecule has 1 saturated heterocycles. The first kappa shape index (κ1) is 19.3. The molecule has 1 heterocycles. The Bertz CT molecular complexity index is 589. The van der Waals surface area contributed by atoms with Gasteiger partial charge in [-0.1, -0.05) is 12.1 Å². The average Bonchev–Trinajstić information content (AvgIpc) is 2.55. The largest absolute Gasteiger partial charge is 0.488 e. The molecule has 0 radical (unpaired) electrons. The monoisotopic (exact) mass is 347 g/mol. The van der Waals surface area contributed by atoms with Crippen molar-refractivity contribution in [3.05, 3.63) is 29.8 Å². The predicted molar refractivity (Wildman–Crippen MR) is 96.5 cm³/mol. The summed E-state index contributed by atoms with van der Waals surface area (Å²) in [5.74, 6) is 0.464. The van der Waals surface area contributed by atoms with Gasteiger partial charge in [-0.3, -0.25) is 9.59 Å². The first-order valence-electron chi connectivity index (χ1n) is 9.01. The van der Waals surface area contributed by atoms with E-state index in [-0.39, 0.29) is 23.4 Å². The number of nitrogens with zero attached hydrogens (tertiary/aromatic N) is 1. The van der Waals surface area contributed by atoms with Crippen LogP contribution in [0.1, 0.15) is 46.1 Å². The number of amides is 1. The van der Waals surface area contributed by atoms with Gasteiger partial charge in [0.15, 0.2) is 0 Å². The summed E-state index contributed by atoms with van der Waals surface area (Å²) in [6.07, 6.45) is 1.97. The van der Waals surface area contributed by atoms with Gasteiger partial charge < -0.3 is 14.4 Å². The molecule has 0 bridgehead atoms. The molecule has 0 N–H and O–H groups in total. The molecule has 1 atom stereocenters. The Morgan fingerprint density at radius 1 is 1.20 bits per heavy atom. The normalized spacial score (nSPS) is 17.9. The van der Waals surface area contributed by atoms with Crippen LogP contribution in [0.2, 0.25) is 0 Å². The molecule has 5 heteroatoms. The molecular formula is C20H29NO4. The maximum atomic E-state index is 12.5. The smallest absolute Gasteiger partial charge is 0.310 e. The Morgan fingerprint density at radius 2 is 1.88 bits per heavy atom. The standard InChI is InChI=1S/C20H29NO4/c1-5-24-19(23)16-7-6-12-21(14-16)18(22)13-15-8-10-17(11-9-15)25-20(2,3)4/h8-11,16H,5-7,12-14H2,1-4H3. The lowest BCUT2D eigenvalue weighted by Gasteiger charge is -2.31. The van der Waals surface area contributed by atoms with E-state index in [1.54, 1.807) is 11.8 Å². The summed E-state index contributed by atoms with van der Waals surface area (Å²) < 4.78 is 10.9. The first-order chi connectivity index (χ1) is 11.8. The lowest BCUT2D eigenvalue weighted by molar-refractivity contribution is -0.151. The van der Waals surface area contributed by atoms with Crippen LogP contribution >= 0.6 is 0 Å². The van der Waals surface area contributed by atoms with E-state index in [0.29, 0.717) is 26.1 Å². The Kier molecular flexibility index (Phi) is 6.45. The van der Waals surface area contributed by atoms with Gasteiger partial charge >= 0.3 is 5.97 Å². The summed E-state index contributed by atoms with van der Waals surface area (Å²) in [6, 6.07) is 7.63. The van der Waals surface area contributed by atoms with Crippen LogP contribution in [0.3, 0.4) is 0 Å². The maximum Gasteiger partial charge on any atom is 0.310 e. The van der Waals surface area contributed by atoms with Crippen LogP contribution in [0.15, 0.2) is 24.3 Å². The molecule has 138 valence electrons. The highest BCUT2D eigenvalue weighted by atomic mass is 16.5. The molecular weight excluding hydrogens is 318 g/mol. The molecule has 1 amide bonds. The van der Waals surface area contributed by atoms with Gasteiger partial charge in [-0.15, -0.1) is 0 Å². The van der Waals surface area contributed by atoms with E-state index in [2.05, 4.69) is 0 Å². The number of likely N-dealkylation sites (tertiary alicyclic amines) is 1. The van der Waals surface area contributed by atoms with Crippen LogP contribution in [-0.2, 0) is 20.7 Å². The van der Waals surface area contributed by atoms with Gasteiger partial charge in [0.2, 0.25) is 5.91 Å². The molecule has 1 aromatic carbocycles. The number of esters is 1. The van der Waals surface area contributed by atoms with Crippen LogP contribution in [0.25, 0.3) is 0 Å². The number of carbonyl (C=O) groups is 2. The second kappa shape index (κ2) is 8.37. The van der Waals surface area contributed by atoms with Crippen molar-refractivity contribution >= 4 is 11.9 Å². The summed E-state index contributed by atoms with van der Waals surface area (Å²) in [5.41, 5.74) is 0.706. The molecule has 1 aromatic rings. The number of ether oxygens (including phenoxy) is 2. The van der Waals surface area contributed by atoms with E-state index in [1.165, 1.54) is 0 Å². The number of piperidine rings is 1. The highest BCUT2D eigenvalue weighted by molar-refractivity contribution is 5.80. The van der Waals surface area contributed by atoms with Crippen LogP contribution in [0, 0.1) is 5.92 Å². The van der Waals surface area contributed by atoms with Crippen LogP contribution in [0.4, 0.5) is 0 Å². The zero-order valence-corrected chi connectivity index (χ0v) is 15.7. The Balaban J connectivity index is 1.91. The Labute approximate surface area is 150 Å². The second-order valence-corrected chi connectivity index (χ2v) is 7.47. The summed E-state index contributed by atoms with van der Waals surface area (Å²) in [5, 5.41) is 0. The number of carbonyl (C=O) groups excluding carboxylic acids is 2. The summed E-state index contributed by atoms with van der Waals surface area (Å²) in [6.45, 7) is 9.36. The molecule has 0 aromatic heterocycles. The first-order valence-corrected chi connectivity index (χ1v) is 9.01. The number of rotatable bonds is 5. The molecule has 0 aliphatic carbocycles. The minimum Gasteiger partial charge on any atom is -0.488 e. The Morgan fingerprint density at radius 3 is 2.48 bits per heavy atom. The number of hydrogen-bond acceptors (Lipinski definition) is 4. The fourth-order valence-electron chi connectivity index (χ4n) is 2.97. The van der Waals surface area contributed by atoms with E-state index in [4.69, 9.17) is 9.47 Å². The van der Waals surface area contributed by atoms with Crippen molar-refractivity contribution in [3.63, 3.8) is 0 Å². The molecule has 0 saturated carbocycles. The second-order valence-electron chi connectivity index (χ2n) is 7.47. The number of hydrogen-bond donors (Lipinski definition) is 0. The van der Waals surface area contributed by atoms with Crippen LogP contribution in [-0.4, -0.2) is 42.1 Å². The van der Waals surface area contributed by atoms with E-state index in [9.17, 15) is 9.59 Å². The van der Waals surface area contributed by atoms with Crippen molar-refractivity contribution in [1.29, 1.82) is 0 Å². The molecule has 5 nitrogen and oxygen atoms in total. The van der Waals surface area contributed by atoms with Crippen molar-refractivity contribution in [3.8, 4) is 5.75 Å². The van der Waals surface area contributed by atoms with E-state index in [0.717, 1.165) is 24.2 Å². The van der Waals surface area contributed by atoms with Gasteiger partial charge in [0.1, 0.15) is 11.4 Å². The van der Waals surface area contributed by atoms with E-state index >= 15 is 0 Å². The minimum atomic E-state index is -0.243. The molecule has 25 heavy (non-hydrogen) atoms. The topological polar surface area (TPSA) is 55.8 Å². The van der Waals surface area contributed by atoms with Crippen LogP contribution in [0.5, 0.6) is 5.75 Å². The predicted octanol–water partition coefficient (Wildman–Crippen LogP) is 3.21. The minimum absolute atomic E-state index is 0.0542. The van der Waals surface area contributed by atoms with Gasteiger partial charge in [0, 0.05) is 13.1 Å². The third-order valence-electron chi connectivity index (χ3n) is 4.10. The van der Waals surface area contributed by atoms with Gasteiger partial charge in [-0.05, 0) is 58.2 Å². The van der Waals surface area contributed by atoms with Crippen molar-refractivity contribution in [1.82, 2.24) is 4.90 Å². The van der Waals surface area contributed by atoms with Crippen molar-refractivity contribution in [2.45, 2.75) is 52.6 Å². The molecule has 1 aliphatic rings. The summed E-state index contributed by atoms with van der Waals surface area (Å²) in [4.78, 5) is 26.2. The SMILES string of the molecule is CCOC(=O)C1CCCN(C(=O)Cc2ccc(OC(C)(C)C)cc2)C1. The summed E-state index contributed by atoms with van der Waals surface area (Å²) in [7, 11) is 0. The van der Waals surface area contributed by atoms with E-state index in [1.807, 2.05) is 45.0 Å². The highest BCUT2D eigenvalue weighted by Crippen LogP contribution is 2.21. The Hall–Kier alpha value is -2.04. The van der Waals surface area contributed by atoms with Gasteiger partial charge in [-0.2, -0.15) is 0 Å². The molecule has 1 aliphatic heterocycles. The molecule has 1 unspecified atom stereocenters. The quantitative estimate of drug-likeness (QED) is 0.768. The third kappa shape index (κ3) is 6.07. The lowest BCUT2D eigenvalue weighted by Crippen LogP contribution is -2.43. The van der Waals surface area contributed by atoms with Gasteiger partial charge in [0.25, 0.3) is 0 Å². The highest BCUT2D eigenvalue weighted by Gasteiger charge is 2.29. The van der Waals surface area contributed by atoms with Crippen LogP contribution < -0.4 is 4.74 Å². The van der Waals surface area contributed by atoms with Gasteiger partial charge in [0.05, 0.1) is 18.9 Å². The molecule has 0 spiro atoms. The zero-order valence-electron chi connectivity index (χ0n) is 15.7. The maximum absolute atomic E-state index is 12.5. The van der Waals surface area contributed by atoms with Crippen molar-refractivity contribution < 1.29 is 19.1 Å².